The second kappa shape index (κ2) is 8.26. The molecule has 8 nitrogen and oxygen atoms in total. The molecule has 9 heteroatoms. The fraction of sp³-hybridized carbons (Fsp3) is 0.263. The molecule has 28 heavy (non-hydrogen) atoms. The van der Waals surface area contributed by atoms with Gasteiger partial charge in [0.05, 0.1) is 0 Å². The number of hydrogen-bond acceptors (Lipinski definition) is 6. The molecule has 0 aliphatic rings. The molecule has 3 rings (SSSR count). The highest BCUT2D eigenvalue weighted by molar-refractivity contribution is 6.30. The molecule has 3 aromatic rings. The predicted octanol–water partition coefficient (Wildman–Crippen LogP) is 2.00. The van der Waals surface area contributed by atoms with Gasteiger partial charge in [-0.05, 0) is 31.0 Å². The molecule has 0 spiro atoms. The van der Waals surface area contributed by atoms with E-state index in [1.54, 1.807) is 6.07 Å². The zero-order valence-corrected chi connectivity index (χ0v) is 16.1. The number of amides is 1. The van der Waals surface area contributed by atoms with Crippen molar-refractivity contribution in [1.82, 2.24) is 14.9 Å². The summed E-state index contributed by atoms with van der Waals surface area (Å²) in [6.07, 6.45) is 1.89. The molecule has 0 atom stereocenters. The smallest absolute Gasteiger partial charge is 0.343 e. The van der Waals surface area contributed by atoms with Crippen molar-refractivity contribution < 1.29 is 18.7 Å². The first-order valence-corrected chi connectivity index (χ1v) is 8.87. The van der Waals surface area contributed by atoms with Crippen LogP contribution in [0.1, 0.15) is 21.7 Å². The summed E-state index contributed by atoms with van der Waals surface area (Å²) in [5.74, 6) is -1.06. The number of furan rings is 1. The minimum atomic E-state index is -0.814. The normalized spacial score (nSPS) is 10.8. The number of nitrogens with one attached hydrogen (secondary N) is 1. The summed E-state index contributed by atoms with van der Waals surface area (Å²) >= 11 is 5.91. The summed E-state index contributed by atoms with van der Waals surface area (Å²) in [7, 11) is 1.51. The number of carbonyl (C=O) groups excluding carboxylic acids is 2. The molecular weight excluding hydrogens is 386 g/mol. The Labute approximate surface area is 165 Å². The molecule has 0 bridgehead atoms. The molecule has 0 fully saturated rings. The quantitative estimate of drug-likeness (QED) is 0.631. The minimum absolute atomic E-state index is 0.0181. The molecule has 0 radical (unpaired) electrons. The maximum Gasteiger partial charge on any atom is 0.343 e. The lowest BCUT2D eigenvalue weighted by molar-refractivity contribution is -0.124. The molecule has 0 saturated carbocycles. The van der Waals surface area contributed by atoms with E-state index in [0.717, 1.165) is 5.56 Å². The van der Waals surface area contributed by atoms with E-state index in [2.05, 4.69) is 10.3 Å². The maximum absolute atomic E-state index is 12.4. The van der Waals surface area contributed by atoms with Crippen molar-refractivity contribution in [2.75, 3.05) is 13.2 Å². The SMILES string of the molecule is Cc1oc2ncn(C)c(=O)c2c1C(=O)OCC(=O)NCCc1cccc(Cl)c1. The van der Waals surface area contributed by atoms with E-state index in [1.165, 1.54) is 24.9 Å². The van der Waals surface area contributed by atoms with E-state index in [4.69, 9.17) is 20.8 Å². The van der Waals surface area contributed by atoms with Gasteiger partial charge in [-0.25, -0.2) is 9.78 Å². The van der Waals surface area contributed by atoms with Crippen LogP contribution < -0.4 is 10.9 Å². The van der Waals surface area contributed by atoms with Gasteiger partial charge in [0.1, 0.15) is 23.0 Å². The number of nitrogens with zero attached hydrogens (tertiary/aromatic N) is 2. The molecule has 146 valence electrons. The second-order valence-electron chi connectivity index (χ2n) is 6.18. The Morgan fingerprint density at radius 3 is 2.89 bits per heavy atom. The van der Waals surface area contributed by atoms with Crippen LogP contribution in [-0.2, 0) is 23.0 Å². The fourth-order valence-corrected chi connectivity index (χ4v) is 2.94. The number of aryl methyl sites for hydroxylation is 2. The Bertz CT molecular complexity index is 1100. The average molecular weight is 404 g/mol. The van der Waals surface area contributed by atoms with Crippen molar-refractivity contribution in [3.63, 3.8) is 0 Å². The molecule has 0 aliphatic carbocycles. The van der Waals surface area contributed by atoms with Gasteiger partial charge in [0.2, 0.25) is 5.71 Å². The number of aromatic nitrogens is 2. The number of hydrogen-bond donors (Lipinski definition) is 1. The van der Waals surface area contributed by atoms with Gasteiger partial charge < -0.3 is 19.0 Å². The molecule has 1 N–H and O–H groups in total. The summed E-state index contributed by atoms with van der Waals surface area (Å²) in [5.41, 5.74) is 0.586. The third kappa shape index (κ3) is 4.23. The van der Waals surface area contributed by atoms with E-state index in [-0.39, 0.29) is 22.4 Å². The lowest BCUT2D eigenvalue weighted by Gasteiger charge is -2.07. The van der Waals surface area contributed by atoms with Crippen LogP contribution in [0.5, 0.6) is 0 Å². The van der Waals surface area contributed by atoms with Gasteiger partial charge in [-0.2, -0.15) is 0 Å². The highest BCUT2D eigenvalue weighted by Gasteiger charge is 2.24. The second-order valence-corrected chi connectivity index (χ2v) is 6.62. The van der Waals surface area contributed by atoms with E-state index in [1.807, 2.05) is 18.2 Å². The van der Waals surface area contributed by atoms with Crippen molar-refractivity contribution >= 4 is 34.6 Å². The number of rotatable bonds is 6. The molecule has 1 amide bonds. The monoisotopic (exact) mass is 403 g/mol. The molecule has 1 aromatic carbocycles. The summed E-state index contributed by atoms with van der Waals surface area (Å²) in [6.45, 7) is 1.43. The molecule has 0 saturated heterocycles. The number of fused-ring (bicyclic) bond motifs is 1. The van der Waals surface area contributed by atoms with Gasteiger partial charge in [0.15, 0.2) is 6.61 Å². The van der Waals surface area contributed by atoms with Crippen molar-refractivity contribution in [3.8, 4) is 0 Å². The standard InChI is InChI=1S/C19H18ClN3O5/c1-11-15(16-17(28-11)22-10-23(2)18(16)25)19(26)27-9-14(24)21-7-6-12-4-3-5-13(20)8-12/h3-5,8,10H,6-7,9H2,1-2H3,(H,21,24). The molecule has 0 aliphatic heterocycles. The van der Waals surface area contributed by atoms with E-state index < -0.39 is 24.0 Å². The predicted molar refractivity (Wildman–Crippen MR) is 102 cm³/mol. The number of halogens is 1. The van der Waals surface area contributed by atoms with Crippen LogP contribution in [0.2, 0.25) is 5.02 Å². The minimum Gasteiger partial charge on any atom is -0.452 e. The number of ether oxygens (including phenoxy) is 1. The average Bonchev–Trinajstić information content (AvgIpc) is 3.00. The van der Waals surface area contributed by atoms with E-state index >= 15 is 0 Å². The summed E-state index contributed by atoms with van der Waals surface area (Å²) in [5, 5.41) is 3.32. The molecule has 0 unspecified atom stereocenters. The Morgan fingerprint density at radius 1 is 1.36 bits per heavy atom. The number of esters is 1. The van der Waals surface area contributed by atoms with Crippen LogP contribution in [0.4, 0.5) is 0 Å². The van der Waals surface area contributed by atoms with E-state index in [0.29, 0.717) is 18.0 Å². The van der Waals surface area contributed by atoms with Crippen molar-refractivity contribution in [2.45, 2.75) is 13.3 Å². The van der Waals surface area contributed by atoms with Gasteiger partial charge in [-0.1, -0.05) is 23.7 Å². The summed E-state index contributed by atoms with van der Waals surface area (Å²) in [6, 6.07) is 7.32. The highest BCUT2D eigenvalue weighted by atomic mass is 35.5. The van der Waals surface area contributed by atoms with Crippen LogP contribution in [0, 0.1) is 6.92 Å². The van der Waals surface area contributed by atoms with Crippen LogP contribution >= 0.6 is 11.6 Å². The Hall–Kier alpha value is -3.13. The van der Waals surface area contributed by atoms with Crippen molar-refractivity contribution in [1.29, 1.82) is 0 Å². The lowest BCUT2D eigenvalue weighted by atomic mass is 10.1. The van der Waals surface area contributed by atoms with Gasteiger partial charge in [-0.3, -0.25) is 9.59 Å². The first-order chi connectivity index (χ1) is 13.4. The van der Waals surface area contributed by atoms with Crippen molar-refractivity contribution in [3.05, 3.63) is 62.9 Å². The summed E-state index contributed by atoms with van der Waals surface area (Å²) in [4.78, 5) is 40.6. The Kier molecular flexibility index (Phi) is 5.79. The van der Waals surface area contributed by atoms with Gasteiger partial charge >= 0.3 is 5.97 Å². The Balaban J connectivity index is 1.59. The topological polar surface area (TPSA) is 103 Å². The van der Waals surface area contributed by atoms with Crippen molar-refractivity contribution in [2.24, 2.45) is 7.05 Å². The first kappa shape index (κ1) is 19.6. The third-order valence-corrected chi connectivity index (χ3v) is 4.35. The first-order valence-electron chi connectivity index (χ1n) is 8.50. The van der Waals surface area contributed by atoms with Gasteiger partial charge in [0.25, 0.3) is 11.5 Å². The van der Waals surface area contributed by atoms with Crippen LogP contribution in [0.15, 0.2) is 39.8 Å². The number of benzene rings is 1. The van der Waals surface area contributed by atoms with Crippen LogP contribution in [-0.4, -0.2) is 34.6 Å². The van der Waals surface area contributed by atoms with E-state index in [9.17, 15) is 14.4 Å². The van der Waals surface area contributed by atoms with Gasteiger partial charge in [-0.15, -0.1) is 0 Å². The van der Waals surface area contributed by atoms with Crippen LogP contribution in [0.25, 0.3) is 11.1 Å². The maximum atomic E-state index is 12.4. The lowest BCUT2D eigenvalue weighted by Crippen LogP contribution is -2.30. The third-order valence-electron chi connectivity index (χ3n) is 4.11. The van der Waals surface area contributed by atoms with Gasteiger partial charge in [0, 0.05) is 18.6 Å². The molecule has 2 aromatic heterocycles. The zero-order chi connectivity index (χ0) is 20.3. The number of carbonyl (C=O) groups is 2. The molecule has 2 heterocycles. The highest BCUT2D eigenvalue weighted by Crippen LogP contribution is 2.21. The Morgan fingerprint density at radius 2 is 2.14 bits per heavy atom. The molecular formula is C19H18ClN3O5. The largest absolute Gasteiger partial charge is 0.452 e. The van der Waals surface area contributed by atoms with Crippen LogP contribution in [0.3, 0.4) is 0 Å². The zero-order valence-electron chi connectivity index (χ0n) is 15.3. The summed E-state index contributed by atoms with van der Waals surface area (Å²) < 4.78 is 11.6. The fourth-order valence-electron chi connectivity index (χ4n) is 2.73.